The molecule has 2 rings (SSSR count). The van der Waals surface area contributed by atoms with Crippen molar-refractivity contribution < 1.29 is 21.9 Å². The first-order valence-corrected chi connectivity index (χ1v) is 8.83. The molecule has 0 atom stereocenters. The second-order valence-electron chi connectivity index (χ2n) is 5.18. The van der Waals surface area contributed by atoms with Crippen molar-refractivity contribution in [2.45, 2.75) is 13.0 Å². The summed E-state index contributed by atoms with van der Waals surface area (Å²) in [4.78, 5) is 2.14. The highest BCUT2D eigenvalue weighted by molar-refractivity contribution is 7.89. The predicted octanol–water partition coefficient (Wildman–Crippen LogP) is 1.11. The predicted molar refractivity (Wildman–Crippen MR) is 78.9 cm³/mol. The molecule has 1 aliphatic heterocycles. The zero-order valence-electron chi connectivity index (χ0n) is 12.2. The van der Waals surface area contributed by atoms with E-state index in [1.807, 2.05) is 0 Å². The van der Waals surface area contributed by atoms with Crippen molar-refractivity contribution in [3.8, 4) is 0 Å². The third-order valence-electron chi connectivity index (χ3n) is 3.48. The van der Waals surface area contributed by atoms with Crippen molar-refractivity contribution >= 4 is 10.0 Å². The van der Waals surface area contributed by atoms with Crippen molar-refractivity contribution in [2.24, 2.45) is 0 Å². The molecule has 0 unspecified atom stereocenters. The molecule has 0 amide bonds. The zero-order valence-corrected chi connectivity index (χ0v) is 13.0. The molecule has 0 radical (unpaired) electrons. The SMILES string of the molecule is O=S(=O)(CCCN1CCOCC1)NCc1cc(F)ccc1F. The number of nitrogens with zero attached hydrogens (tertiary/aromatic N) is 1. The van der Waals surface area contributed by atoms with E-state index in [2.05, 4.69) is 9.62 Å². The molecular weight excluding hydrogens is 314 g/mol. The largest absolute Gasteiger partial charge is 0.379 e. The number of rotatable bonds is 7. The van der Waals surface area contributed by atoms with Crippen molar-refractivity contribution in [1.29, 1.82) is 0 Å². The van der Waals surface area contributed by atoms with Gasteiger partial charge in [-0.15, -0.1) is 0 Å². The summed E-state index contributed by atoms with van der Waals surface area (Å²) in [5, 5.41) is 0. The minimum atomic E-state index is -3.51. The Hall–Kier alpha value is -1.09. The smallest absolute Gasteiger partial charge is 0.211 e. The molecule has 124 valence electrons. The highest BCUT2D eigenvalue weighted by atomic mass is 32.2. The molecule has 1 saturated heterocycles. The summed E-state index contributed by atoms with van der Waals surface area (Å²) in [5.41, 5.74) is -0.00301. The Bertz CT molecular complexity index is 590. The number of hydrogen-bond donors (Lipinski definition) is 1. The number of sulfonamides is 1. The Morgan fingerprint density at radius 3 is 2.68 bits per heavy atom. The first kappa shape index (κ1) is 17.3. The van der Waals surface area contributed by atoms with Crippen LogP contribution >= 0.6 is 0 Å². The monoisotopic (exact) mass is 334 g/mol. The van der Waals surface area contributed by atoms with Crippen LogP contribution in [0.1, 0.15) is 12.0 Å². The van der Waals surface area contributed by atoms with Gasteiger partial charge in [-0.2, -0.15) is 0 Å². The highest BCUT2D eigenvalue weighted by Gasteiger charge is 2.14. The molecule has 0 spiro atoms. The van der Waals surface area contributed by atoms with Gasteiger partial charge in [0, 0.05) is 25.2 Å². The lowest BCUT2D eigenvalue weighted by molar-refractivity contribution is 0.0381. The number of morpholine rings is 1. The van der Waals surface area contributed by atoms with E-state index in [1.165, 1.54) is 0 Å². The van der Waals surface area contributed by atoms with Gasteiger partial charge in [-0.05, 0) is 31.2 Å². The van der Waals surface area contributed by atoms with Crippen molar-refractivity contribution in [2.75, 3.05) is 38.6 Å². The number of nitrogens with one attached hydrogen (secondary N) is 1. The van der Waals surface area contributed by atoms with Gasteiger partial charge in [0.1, 0.15) is 11.6 Å². The van der Waals surface area contributed by atoms with Gasteiger partial charge in [0.25, 0.3) is 0 Å². The molecule has 1 aromatic rings. The summed E-state index contributed by atoms with van der Waals surface area (Å²) in [6, 6.07) is 2.97. The minimum absolute atomic E-state index is 0.00301. The molecule has 1 fully saturated rings. The maximum absolute atomic E-state index is 13.4. The molecular formula is C14H20F2N2O3S. The standard InChI is InChI=1S/C14H20F2N2O3S/c15-13-2-3-14(16)12(10-13)11-17-22(19,20)9-1-4-18-5-7-21-8-6-18/h2-3,10,17H,1,4-9,11H2. The van der Waals surface area contributed by atoms with Crippen LogP contribution in [0.15, 0.2) is 18.2 Å². The van der Waals surface area contributed by atoms with Gasteiger partial charge >= 0.3 is 0 Å². The first-order valence-electron chi connectivity index (χ1n) is 7.18. The van der Waals surface area contributed by atoms with Crippen molar-refractivity contribution in [1.82, 2.24) is 9.62 Å². The quantitative estimate of drug-likeness (QED) is 0.811. The Kier molecular flexibility index (Phi) is 6.25. The Labute approximate surface area is 129 Å². The van der Waals surface area contributed by atoms with E-state index in [0.29, 0.717) is 26.2 Å². The molecule has 0 aliphatic carbocycles. The van der Waals surface area contributed by atoms with Gasteiger partial charge in [-0.25, -0.2) is 21.9 Å². The van der Waals surface area contributed by atoms with Gasteiger partial charge in [0.05, 0.1) is 19.0 Å². The van der Waals surface area contributed by atoms with Crippen LogP contribution in [0, 0.1) is 11.6 Å². The number of ether oxygens (including phenoxy) is 1. The summed E-state index contributed by atoms with van der Waals surface area (Å²) in [6.07, 6.45) is 0.487. The lowest BCUT2D eigenvalue weighted by atomic mass is 10.2. The van der Waals surface area contributed by atoms with Crippen LogP contribution in [0.2, 0.25) is 0 Å². The van der Waals surface area contributed by atoms with Crippen LogP contribution in [0.3, 0.4) is 0 Å². The molecule has 1 aliphatic rings. The number of benzene rings is 1. The van der Waals surface area contributed by atoms with Crippen LogP contribution in [0.25, 0.3) is 0 Å². The number of halogens is 2. The van der Waals surface area contributed by atoms with Gasteiger partial charge in [0.15, 0.2) is 0 Å². The number of hydrogen-bond acceptors (Lipinski definition) is 4. The van der Waals surface area contributed by atoms with Gasteiger partial charge < -0.3 is 4.74 Å². The molecule has 8 heteroatoms. The normalized spacial score (nSPS) is 16.8. The topological polar surface area (TPSA) is 58.6 Å². The second kappa shape index (κ2) is 7.96. The van der Waals surface area contributed by atoms with Gasteiger partial charge in [0.2, 0.25) is 10.0 Å². The van der Waals surface area contributed by atoms with E-state index >= 15 is 0 Å². The molecule has 1 N–H and O–H groups in total. The third kappa shape index (κ3) is 5.60. The van der Waals surface area contributed by atoms with E-state index < -0.39 is 21.7 Å². The summed E-state index contributed by atoms with van der Waals surface area (Å²) < 4.78 is 57.7. The van der Waals surface area contributed by atoms with Gasteiger partial charge in [-0.1, -0.05) is 0 Å². The molecule has 1 heterocycles. The van der Waals surface area contributed by atoms with E-state index in [0.717, 1.165) is 31.3 Å². The van der Waals surface area contributed by atoms with Crippen LogP contribution in [-0.4, -0.2) is 51.9 Å². The summed E-state index contributed by atoms with van der Waals surface area (Å²) >= 11 is 0. The van der Waals surface area contributed by atoms with E-state index in [4.69, 9.17) is 4.74 Å². The fraction of sp³-hybridized carbons (Fsp3) is 0.571. The molecule has 0 aromatic heterocycles. The molecule has 22 heavy (non-hydrogen) atoms. The molecule has 0 saturated carbocycles. The van der Waals surface area contributed by atoms with E-state index in [1.54, 1.807) is 0 Å². The Balaban J connectivity index is 1.77. The van der Waals surface area contributed by atoms with Crippen molar-refractivity contribution in [3.05, 3.63) is 35.4 Å². The molecule has 1 aromatic carbocycles. The highest BCUT2D eigenvalue weighted by Crippen LogP contribution is 2.10. The summed E-state index contributed by atoms with van der Waals surface area (Å²) in [6.45, 7) is 3.39. The minimum Gasteiger partial charge on any atom is -0.379 e. The maximum atomic E-state index is 13.4. The second-order valence-corrected chi connectivity index (χ2v) is 7.11. The Morgan fingerprint density at radius 1 is 1.23 bits per heavy atom. The average molecular weight is 334 g/mol. The summed E-state index contributed by atoms with van der Waals surface area (Å²) in [7, 11) is -3.51. The lowest BCUT2D eigenvalue weighted by Gasteiger charge is -2.26. The lowest BCUT2D eigenvalue weighted by Crippen LogP contribution is -2.38. The summed E-state index contributed by atoms with van der Waals surface area (Å²) in [5.74, 6) is -1.26. The van der Waals surface area contributed by atoms with Crippen LogP contribution in [0.4, 0.5) is 8.78 Å². The fourth-order valence-corrected chi connectivity index (χ4v) is 3.27. The van der Waals surface area contributed by atoms with Crippen LogP contribution < -0.4 is 4.72 Å². The van der Waals surface area contributed by atoms with Gasteiger partial charge in [-0.3, -0.25) is 4.90 Å². The Morgan fingerprint density at radius 2 is 1.95 bits per heavy atom. The molecule has 0 bridgehead atoms. The van der Waals surface area contributed by atoms with Crippen LogP contribution in [-0.2, 0) is 21.3 Å². The third-order valence-corrected chi connectivity index (χ3v) is 4.89. The average Bonchev–Trinajstić information content (AvgIpc) is 2.49. The fourth-order valence-electron chi connectivity index (χ4n) is 2.24. The first-order chi connectivity index (χ1) is 10.5. The van der Waals surface area contributed by atoms with E-state index in [9.17, 15) is 17.2 Å². The van der Waals surface area contributed by atoms with E-state index in [-0.39, 0.29) is 17.9 Å². The maximum Gasteiger partial charge on any atom is 0.211 e. The molecule has 5 nitrogen and oxygen atoms in total. The zero-order chi connectivity index (χ0) is 16.0. The van der Waals surface area contributed by atoms with Crippen molar-refractivity contribution in [3.63, 3.8) is 0 Å². The van der Waals surface area contributed by atoms with Crippen LogP contribution in [0.5, 0.6) is 0 Å².